The molecule has 0 aliphatic heterocycles. The number of halogens is 2. The van der Waals surface area contributed by atoms with Gasteiger partial charge in [-0.25, -0.2) is 17.8 Å². The second-order valence-corrected chi connectivity index (χ2v) is 7.98. The van der Waals surface area contributed by atoms with E-state index in [0.29, 0.717) is 17.9 Å². The van der Waals surface area contributed by atoms with Gasteiger partial charge < -0.3 is 5.32 Å². The van der Waals surface area contributed by atoms with Crippen molar-refractivity contribution in [2.45, 2.75) is 13.3 Å². The highest BCUT2D eigenvalue weighted by Gasteiger charge is 2.22. The molecule has 10 heteroatoms. The lowest BCUT2D eigenvalue weighted by Crippen LogP contribution is -2.20. The Hall–Kier alpha value is -2.65. The van der Waals surface area contributed by atoms with Crippen LogP contribution in [0.4, 0.5) is 15.9 Å². The number of benzene rings is 1. The van der Waals surface area contributed by atoms with Crippen molar-refractivity contribution in [2.75, 3.05) is 15.8 Å². The first-order chi connectivity index (χ1) is 12.8. The van der Waals surface area contributed by atoms with Crippen molar-refractivity contribution in [3.05, 3.63) is 59.1 Å². The minimum Gasteiger partial charge on any atom is -0.306 e. The number of aromatic nitrogens is 2. The number of carbonyl (C=O) groups is 1. The summed E-state index contributed by atoms with van der Waals surface area (Å²) < 4.78 is 42.3. The van der Waals surface area contributed by atoms with E-state index in [4.69, 9.17) is 11.6 Å². The summed E-state index contributed by atoms with van der Waals surface area (Å²) >= 11 is 5.99. The van der Waals surface area contributed by atoms with E-state index in [1.54, 1.807) is 35.7 Å². The predicted octanol–water partition coefficient (Wildman–Crippen LogP) is 3.53. The first kappa shape index (κ1) is 19.1. The number of anilines is 2. The quantitative estimate of drug-likeness (QED) is 0.650. The number of carbonyl (C=O) groups excluding carboxylic acids is 1. The third-order valence-corrected chi connectivity index (χ3v) is 5.51. The summed E-state index contributed by atoms with van der Waals surface area (Å²) in [4.78, 5) is 16.7. The fourth-order valence-electron chi connectivity index (χ4n) is 2.53. The Morgan fingerprint density at radius 3 is 2.81 bits per heavy atom. The zero-order valence-corrected chi connectivity index (χ0v) is 15.8. The van der Waals surface area contributed by atoms with Crippen molar-refractivity contribution in [1.29, 1.82) is 0 Å². The molecule has 2 aromatic heterocycles. The van der Waals surface area contributed by atoms with Crippen LogP contribution in [-0.2, 0) is 10.0 Å². The zero-order chi connectivity index (χ0) is 19.6. The maximum atomic E-state index is 14.8. The van der Waals surface area contributed by atoms with Crippen molar-refractivity contribution in [3.8, 4) is 0 Å². The number of rotatable bonds is 6. The molecule has 1 aromatic carbocycles. The largest absolute Gasteiger partial charge is 0.306 e. The van der Waals surface area contributed by atoms with Crippen molar-refractivity contribution in [3.63, 3.8) is 0 Å². The highest BCUT2D eigenvalue weighted by Crippen LogP contribution is 2.27. The molecule has 3 rings (SSSR count). The van der Waals surface area contributed by atoms with Gasteiger partial charge in [-0.1, -0.05) is 24.6 Å². The molecule has 142 valence electrons. The van der Waals surface area contributed by atoms with Crippen molar-refractivity contribution in [1.82, 2.24) is 9.38 Å². The van der Waals surface area contributed by atoms with Gasteiger partial charge in [0.05, 0.1) is 28.2 Å². The second kappa shape index (κ2) is 7.53. The van der Waals surface area contributed by atoms with E-state index in [1.807, 2.05) is 0 Å². The fraction of sp³-hybridized carbons (Fsp3) is 0.176. The molecule has 0 bridgehead atoms. The Kier molecular flexibility index (Phi) is 5.33. The first-order valence-electron chi connectivity index (χ1n) is 8.04. The van der Waals surface area contributed by atoms with Gasteiger partial charge in [0, 0.05) is 6.20 Å². The molecule has 0 aliphatic carbocycles. The van der Waals surface area contributed by atoms with Gasteiger partial charge in [0.2, 0.25) is 10.0 Å². The number of amides is 1. The summed E-state index contributed by atoms with van der Waals surface area (Å²) in [7, 11) is -3.72. The van der Waals surface area contributed by atoms with E-state index in [1.165, 1.54) is 18.3 Å². The molecule has 0 atom stereocenters. The molecule has 27 heavy (non-hydrogen) atoms. The first-order valence-corrected chi connectivity index (χ1v) is 10.1. The number of nitrogens with one attached hydrogen (secondary N) is 2. The maximum absolute atomic E-state index is 14.8. The van der Waals surface area contributed by atoms with Gasteiger partial charge in [-0.2, -0.15) is 0 Å². The molecule has 0 unspecified atom stereocenters. The molecule has 0 radical (unpaired) electrons. The molecule has 3 aromatic rings. The Morgan fingerprint density at radius 1 is 1.30 bits per heavy atom. The lowest BCUT2D eigenvalue weighted by Gasteiger charge is -2.12. The zero-order valence-electron chi connectivity index (χ0n) is 14.2. The minimum atomic E-state index is -3.72. The summed E-state index contributed by atoms with van der Waals surface area (Å²) in [5.41, 5.74) is -0.198. The summed E-state index contributed by atoms with van der Waals surface area (Å²) in [6, 6.07) is 7.72. The Morgan fingerprint density at radius 2 is 2.07 bits per heavy atom. The molecule has 7 nitrogen and oxygen atoms in total. The van der Waals surface area contributed by atoms with Crippen LogP contribution in [0.5, 0.6) is 0 Å². The topological polar surface area (TPSA) is 92.6 Å². The van der Waals surface area contributed by atoms with E-state index in [2.05, 4.69) is 15.0 Å². The number of sulfonamides is 1. The highest BCUT2D eigenvalue weighted by molar-refractivity contribution is 7.92. The molecule has 0 saturated heterocycles. The average molecular weight is 411 g/mol. The van der Waals surface area contributed by atoms with Gasteiger partial charge in [0.25, 0.3) is 5.91 Å². The van der Waals surface area contributed by atoms with Gasteiger partial charge in [-0.05, 0) is 30.7 Å². The SMILES string of the molecule is CCCS(=O)(=O)Nc1ccc(Cl)c(C(=O)Nc2cnc3ccccn23)c1F. The van der Waals surface area contributed by atoms with Gasteiger partial charge in [0.1, 0.15) is 11.5 Å². The van der Waals surface area contributed by atoms with Crippen LogP contribution >= 0.6 is 11.6 Å². The van der Waals surface area contributed by atoms with Gasteiger partial charge in [0.15, 0.2) is 5.82 Å². The van der Waals surface area contributed by atoms with Crippen LogP contribution < -0.4 is 10.0 Å². The summed E-state index contributed by atoms with van der Waals surface area (Å²) in [5, 5.41) is 2.40. The monoisotopic (exact) mass is 410 g/mol. The second-order valence-electron chi connectivity index (χ2n) is 5.73. The van der Waals surface area contributed by atoms with Gasteiger partial charge in [-0.15, -0.1) is 0 Å². The van der Waals surface area contributed by atoms with Crippen molar-refractivity contribution < 1.29 is 17.6 Å². The minimum absolute atomic E-state index is 0.141. The van der Waals surface area contributed by atoms with Crippen LogP contribution in [-0.4, -0.2) is 29.5 Å². The standard InChI is InChI=1S/C17H16ClFN4O3S/c1-2-9-27(25,26)22-12-7-6-11(18)15(16(12)19)17(24)21-14-10-20-13-5-3-4-8-23(13)14/h3-8,10,22H,2,9H2,1H3,(H,21,24). The third kappa shape index (κ3) is 4.04. The summed E-state index contributed by atoms with van der Waals surface area (Å²) in [5.74, 6) is -1.71. The van der Waals surface area contributed by atoms with E-state index in [0.717, 1.165) is 0 Å². The summed E-state index contributed by atoms with van der Waals surface area (Å²) in [6.07, 6.45) is 3.48. The van der Waals surface area contributed by atoms with Crippen LogP contribution in [0.1, 0.15) is 23.7 Å². The van der Waals surface area contributed by atoms with E-state index >= 15 is 0 Å². The van der Waals surface area contributed by atoms with Crippen LogP contribution in [0.15, 0.2) is 42.7 Å². The lowest BCUT2D eigenvalue weighted by atomic mass is 10.1. The molecule has 2 heterocycles. The van der Waals surface area contributed by atoms with Crippen LogP contribution in [0.25, 0.3) is 5.65 Å². The molecule has 0 fully saturated rings. The average Bonchev–Trinajstić information content (AvgIpc) is 3.00. The van der Waals surface area contributed by atoms with E-state index in [9.17, 15) is 17.6 Å². The van der Waals surface area contributed by atoms with Gasteiger partial charge in [-0.3, -0.25) is 13.9 Å². The molecule has 2 N–H and O–H groups in total. The fourth-order valence-corrected chi connectivity index (χ4v) is 3.89. The smallest absolute Gasteiger partial charge is 0.261 e. The predicted molar refractivity (Wildman–Crippen MR) is 102 cm³/mol. The molecule has 0 spiro atoms. The third-order valence-electron chi connectivity index (χ3n) is 3.72. The number of hydrogen-bond acceptors (Lipinski definition) is 4. The highest BCUT2D eigenvalue weighted by atomic mass is 35.5. The van der Waals surface area contributed by atoms with Crippen LogP contribution in [0, 0.1) is 5.82 Å². The Labute approximate surface area is 160 Å². The van der Waals surface area contributed by atoms with Crippen molar-refractivity contribution >= 4 is 44.7 Å². The van der Waals surface area contributed by atoms with E-state index < -0.39 is 27.3 Å². The molecule has 1 amide bonds. The number of hydrogen-bond donors (Lipinski definition) is 2. The number of nitrogens with zero attached hydrogens (tertiary/aromatic N) is 2. The van der Waals surface area contributed by atoms with Crippen LogP contribution in [0.3, 0.4) is 0 Å². The van der Waals surface area contributed by atoms with Crippen LogP contribution in [0.2, 0.25) is 5.02 Å². The van der Waals surface area contributed by atoms with E-state index in [-0.39, 0.29) is 16.5 Å². The normalized spacial score (nSPS) is 11.5. The molecule has 0 aliphatic rings. The lowest BCUT2D eigenvalue weighted by molar-refractivity contribution is 0.102. The summed E-state index contributed by atoms with van der Waals surface area (Å²) in [6.45, 7) is 1.69. The maximum Gasteiger partial charge on any atom is 0.261 e. The van der Waals surface area contributed by atoms with Gasteiger partial charge >= 0.3 is 0 Å². The number of imidazole rings is 1. The Bertz CT molecular complexity index is 1110. The number of pyridine rings is 1. The molecule has 0 saturated carbocycles. The number of fused-ring (bicyclic) bond motifs is 1. The Balaban J connectivity index is 1.93. The van der Waals surface area contributed by atoms with Crippen molar-refractivity contribution in [2.24, 2.45) is 0 Å². The molecular formula is C17H16ClFN4O3S. The molecular weight excluding hydrogens is 395 g/mol.